The maximum absolute atomic E-state index is 11.1. The van der Waals surface area contributed by atoms with Crippen molar-refractivity contribution in [2.24, 2.45) is 0 Å². The van der Waals surface area contributed by atoms with Crippen LogP contribution in [0, 0.1) is 0 Å². The summed E-state index contributed by atoms with van der Waals surface area (Å²) in [7, 11) is -6.50. The van der Waals surface area contributed by atoms with Crippen molar-refractivity contribution >= 4 is 42.7 Å². The zero-order chi connectivity index (χ0) is 19.2. The van der Waals surface area contributed by atoms with Gasteiger partial charge in [-0.15, -0.1) is 0 Å². The molecule has 0 amide bonds. The number of para-hydroxylation sites is 1. The molecule has 10 nitrogen and oxygen atoms in total. The van der Waals surface area contributed by atoms with Crippen LogP contribution in [0.2, 0.25) is 0 Å². The summed E-state index contributed by atoms with van der Waals surface area (Å²) in [6.07, 6.45) is 2.19. The summed E-state index contributed by atoms with van der Waals surface area (Å²) in [5.74, 6) is 0.905. The molecular formula is C14H22N6O4S2. The lowest BCUT2D eigenvalue weighted by Gasteiger charge is -2.12. The van der Waals surface area contributed by atoms with Gasteiger partial charge >= 0.3 is 0 Å². The van der Waals surface area contributed by atoms with Crippen molar-refractivity contribution in [2.75, 3.05) is 49.3 Å². The molecule has 0 atom stereocenters. The molecule has 144 valence electrons. The molecular weight excluding hydrogens is 380 g/mol. The third-order valence-electron chi connectivity index (χ3n) is 3.16. The quantitative estimate of drug-likeness (QED) is 0.392. The molecule has 0 radical (unpaired) electrons. The summed E-state index contributed by atoms with van der Waals surface area (Å²) in [6, 6.07) is 7.39. The number of anilines is 2. The van der Waals surface area contributed by atoms with E-state index in [2.05, 4.69) is 30.0 Å². The molecule has 0 unspecified atom stereocenters. The minimum Gasteiger partial charge on any atom is -0.368 e. The Morgan fingerprint density at radius 1 is 0.808 bits per heavy atom. The number of fused-ring (bicyclic) bond motifs is 1. The summed E-state index contributed by atoms with van der Waals surface area (Å²) in [5.41, 5.74) is 0.708. The van der Waals surface area contributed by atoms with Gasteiger partial charge < -0.3 is 10.6 Å². The van der Waals surface area contributed by atoms with E-state index >= 15 is 0 Å². The van der Waals surface area contributed by atoms with Gasteiger partial charge in [0.1, 0.15) is 5.82 Å². The summed E-state index contributed by atoms with van der Waals surface area (Å²) in [4.78, 5) is 8.77. The van der Waals surface area contributed by atoms with Gasteiger partial charge in [-0.25, -0.2) is 31.3 Å². The van der Waals surface area contributed by atoms with Crippen LogP contribution >= 0.6 is 0 Å². The largest absolute Gasteiger partial charge is 0.368 e. The van der Waals surface area contributed by atoms with Gasteiger partial charge in [0.25, 0.3) is 0 Å². The lowest BCUT2D eigenvalue weighted by Crippen LogP contribution is -2.28. The summed E-state index contributed by atoms with van der Waals surface area (Å²) >= 11 is 0. The molecule has 0 aliphatic heterocycles. The second kappa shape index (κ2) is 8.58. The molecule has 4 N–H and O–H groups in total. The van der Waals surface area contributed by atoms with E-state index in [-0.39, 0.29) is 13.1 Å². The Morgan fingerprint density at radius 3 is 2.00 bits per heavy atom. The SMILES string of the molecule is CS(=O)(=O)NCCNc1nc(NCCNS(C)(=O)=O)c2ccccc2n1. The monoisotopic (exact) mass is 402 g/mol. The normalized spacial score (nSPS) is 12.2. The Hall–Kier alpha value is -2.02. The second-order valence-electron chi connectivity index (χ2n) is 5.60. The fraction of sp³-hybridized carbons (Fsp3) is 0.429. The van der Waals surface area contributed by atoms with E-state index in [1.807, 2.05) is 24.3 Å². The van der Waals surface area contributed by atoms with Crippen molar-refractivity contribution < 1.29 is 16.8 Å². The average molecular weight is 403 g/mol. The smallest absolute Gasteiger partial charge is 0.225 e. The highest BCUT2D eigenvalue weighted by atomic mass is 32.2. The standard InChI is InChI=1S/C14H22N6O4S2/c1-25(21,22)17-9-7-15-13-11-5-3-4-6-12(11)19-14(20-13)16-8-10-18-26(2,23)24/h3-6,17-18H,7-10H2,1-2H3,(H2,15,16,19,20). The van der Waals surface area contributed by atoms with E-state index in [1.165, 1.54) is 0 Å². The van der Waals surface area contributed by atoms with Crippen LogP contribution in [0.1, 0.15) is 0 Å². The van der Waals surface area contributed by atoms with Crippen LogP contribution in [0.4, 0.5) is 11.8 Å². The molecule has 1 aromatic heterocycles. The Kier molecular flexibility index (Phi) is 6.69. The molecule has 12 heteroatoms. The molecule has 0 aliphatic carbocycles. The first kappa shape index (κ1) is 20.3. The Bertz CT molecular complexity index is 963. The van der Waals surface area contributed by atoms with Crippen molar-refractivity contribution in [2.45, 2.75) is 0 Å². The average Bonchev–Trinajstić information content (AvgIpc) is 2.54. The number of sulfonamides is 2. The number of benzene rings is 1. The van der Waals surface area contributed by atoms with Crippen LogP contribution in [0.25, 0.3) is 10.9 Å². The zero-order valence-electron chi connectivity index (χ0n) is 14.5. The van der Waals surface area contributed by atoms with Crippen LogP contribution in [-0.2, 0) is 20.0 Å². The van der Waals surface area contributed by atoms with Crippen LogP contribution in [0.15, 0.2) is 24.3 Å². The Morgan fingerprint density at radius 2 is 1.38 bits per heavy atom. The first-order valence-electron chi connectivity index (χ1n) is 7.78. The third kappa shape index (κ3) is 7.07. The van der Waals surface area contributed by atoms with Gasteiger partial charge in [0, 0.05) is 31.6 Å². The van der Waals surface area contributed by atoms with Crippen molar-refractivity contribution in [3.63, 3.8) is 0 Å². The fourth-order valence-electron chi connectivity index (χ4n) is 2.12. The molecule has 0 saturated heterocycles. The molecule has 0 saturated carbocycles. The van der Waals surface area contributed by atoms with E-state index < -0.39 is 20.0 Å². The number of hydrogen-bond acceptors (Lipinski definition) is 8. The van der Waals surface area contributed by atoms with E-state index in [4.69, 9.17) is 0 Å². The molecule has 0 aliphatic rings. The minimum atomic E-state index is -3.25. The minimum absolute atomic E-state index is 0.204. The molecule has 0 fully saturated rings. The number of hydrogen-bond donors (Lipinski definition) is 4. The molecule has 2 aromatic rings. The van der Waals surface area contributed by atoms with E-state index in [0.29, 0.717) is 30.4 Å². The first-order valence-corrected chi connectivity index (χ1v) is 11.6. The van der Waals surface area contributed by atoms with Crippen molar-refractivity contribution in [1.82, 2.24) is 19.4 Å². The Balaban J connectivity index is 2.06. The lowest BCUT2D eigenvalue weighted by molar-refractivity contribution is 0.587. The molecule has 1 heterocycles. The van der Waals surface area contributed by atoms with Crippen LogP contribution in [-0.4, -0.2) is 65.5 Å². The van der Waals surface area contributed by atoms with Crippen molar-refractivity contribution in [3.05, 3.63) is 24.3 Å². The number of aromatic nitrogens is 2. The summed E-state index contributed by atoms with van der Waals surface area (Å²) in [6.45, 7) is 1.10. The number of nitrogens with zero attached hydrogens (tertiary/aromatic N) is 2. The highest BCUT2D eigenvalue weighted by Crippen LogP contribution is 2.21. The Labute approximate surface area is 152 Å². The topological polar surface area (TPSA) is 142 Å². The highest BCUT2D eigenvalue weighted by molar-refractivity contribution is 7.89. The van der Waals surface area contributed by atoms with Gasteiger partial charge in [0.15, 0.2) is 0 Å². The second-order valence-corrected chi connectivity index (χ2v) is 9.27. The molecule has 1 aromatic carbocycles. The molecule has 26 heavy (non-hydrogen) atoms. The van der Waals surface area contributed by atoms with Gasteiger partial charge in [0.2, 0.25) is 26.0 Å². The van der Waals surface area contributed by atoms with Crippen LogP contribution in [0.5, 0.6) is 0 Å². The maximum atomic E-state index is 11.1. The van der Waals surface area contributed by atoms with E-state index in [0.717, 1.165) is 17.9 Å². The van der Waals surface area contributed by atoms with Crippen LogP contribution < -0.4 is 20.1 Å². The van der Waals surface area contributed by atoms with Crippen molar-refractivity contribution in [1.29, 1.82) is 0 Å². The third-order valence-corrected chi connectivity index (χ3v) is 4.61. The zero-order valence-corrected chi connectivity index (χ0v) is 16.1. The lowest BCUT2D eigenvalue weighted by atomic mass is 10.2. The highest BCUT2D eigenvalue weighted by Gasteiger charge is 2.08. The van der Waals surface area contributed by atoms with Gasteiger partial charge in [-0.2, -0.15) is 4.98 Å². The predicted octanol–water partition coefficient (Wildman–Crippen LogP) is -0.448. The van der Waals surface area contributed by atoms with E-state index in [1.54, 1.807) is 0 Å². The van der Waals surface area contributed by atoms with E-state index in [9.17, 15) is 16.8 Å². The van der Waals surface area contributed by atoms with Gasteiger partial charge in [0.05, 0.1) is 18.0 Å². The van der Waals surface area contributed by atoms with Crippen LogP contribution in [0.3, 0.4) is 0 Å². The summed E-state index contributed by atoms with van der Waals surface area (Å²) in [5, 5.41) is 6.85. The van der Waals surface area contributed by atoms with Gasteiger partial charge in [-0.3, -0.25) is 0 Å². The van der Waals surface area contributed by atoms with Gasteiger partial charge in [-0.05, 0) is 12.1 Å². The number of nitrogens with one attached hydrogen (secondary N) is 4. The van der Waals surface area contributed by atoms with Crippen molar-refractivity contribution in [3.8, 4) is 0 Å². The fourth-order valence-corrected chi connectivity index (χ4v) is 3.06. The summed E-state index contributed by atoms with van der Waals surface area (Å²) < 4.78 is 49.1. The molecule has 2 rings (SSSR count). The number of rotatable bonds is 10. The van der Waals surface area contributed by atoms with Gasteiger partial charge in [-0.1, -0.05) is 12.1 Å². The predicted molar refractivity (Wildman–Crippen MR) is 102 cm³/mol. The maximum Gasteiger partial charge on any atom is 0.225 e. The molecule has 0 bridgehead atoms. The molecule has 0 spiro atoms. The first-order chi connectivity index (χ1) is 12.1.